The third-order valence-electron chi connectivity index (χ3n) is 4.66. The Hall–Kier alpha value is -2.76. The predicted molar refractivity (Wildman–Crippen MR) is 98.7 cm³/mol. The fourth-order valence-corrected chi connectivity index (χ4v) is 2.92. The summed E-state index contributed by atoms with van der Waals surface area (Å²) < 4.78 is 13.0. The molecule has 1 unspecified atom stereocenters. The molecule has 2 heterocycles. The van der Waals surface area contributed by atoms with Gasteiger partial charge >= 0.3 is 0 Å². The largest absolute Gasteiger partial charge is 0.488 e. The molecule has 138 valence electrons. The smallest absolute Gasteiger partial charge is 0.260 e. The van der Waals surface area contributed by atoms with Gasteiger partial charge < -0.3 is 18.9 Å². The van der Waals surface area contributed by atoms with Crippen molar-refractivity contribution in [2.75, 3.05) is 19.7 Å². The lowest BCUT2D eigenvalue weighted by molar-refractivity contribution is -0.132. The summed E-state index contributed by atoms with van der Waals surface area (Å²) in [6, 6.07) is 10.9. The summed E-state index contributed by atoms with van der Waals surface area (Å²) in [5.74, 6) is 1.18. The minimum Gasteiger partial charge on any atom is -0.488 e. The van der Waals surface area contributed by atoms with Gasteiger partial charge in [0.25, 0.3) is 11.5 Å². The van der Waals surface area contributed by atoms with E-state index in [-0.39, 0.29) is 24.2 Å². The van der Waals surface area contributed by atoms with Gasteiger partial charge in [0.1, 0.15) is 17.6 Å². The maximum absolute atomic E-state index is 12.3. The van der Waals surface area contributed by atoms with Crippen LogP contribution in [0.3, 0.4) is 0 Å². The van der Waals surface area contributed by atoms with Gasteiger partial charge in [-0.2, -0.15) is 0 Å². The Bertz CT molecular complexity index is 842. The van der Waals surface area contributed by atoms with Gasteiger partial charge in [-0.25, -0.2) is 0 Å². The molecule has 0 spiro atoms. The third-order valence-corrected chi connectivity index (χ3v) is 4.66. The number of nitrogens with zero attached hydrogens (tertiary/aromatic N) is 2. The van der Waals surface area contributed by atoms with E-state index in [4.69, 9.17) is 9.47 Å². The molecule has 1 aromatic carbocycles. The summed E-state index contributed by atoms with van der Waals surface area (Å²) in [6.07, 6.45) is 0.634. The Morgan fingerprint density at radius 3 is 2.58 bits per heavy atom. The van der Waals surface area contributed by atoms with Crippen LogP contribution in [0.5, 0.6) is 11.5 Å². The van der Waals surface area contributed by atoms with Gasteiger partial charge in [0.05, 0.1) is 6.54 Å². The lowest BCUT2D eigenvalue weighted by Crippen LogP contribution is -2.34. The summed E-state index contributed by atoms with van der Waals surface area (Å²) in [5.41, 5.74) is 1.89. The molecule has 0 aliphatic carbocycles. The normalized spacial score (nSPS) is 16.6. The topological polar surface area (TPSA) is 60.8 Å². The number of aromatic nitrogens is 1. The van der Waals surface area contributed by atoms with Crippen molar-refractivity contribution >= 4 is 5.91 Å². The second kappa shape index (κ2) is 7.64. The molecule has 0 N–H and O–H groups in total. The molecular formula is C20H24N2O4. The number of ether oxygens (including phenoxy) is 2. The first-order valence-corrected chi connectivity index (χ1v) is 8.74. The quantitative estimate of drug-likeness (QED) is 0.823. The summed E-state index contributed by atoms with van der Waals surface area (Å²) >= 11 is 0. The Labute approximate surface area is 153 Å². The zero-order valence-corrected chi connectivity index (χ0v) is 15.4. The van der Waals surface area contributed by atoms with Crippen molar-refractivity contribution in [3.05, 3.63) is 58.0 Å². The lowest BCUT2D eigenvalue weighted by atomic mass is 10.2. The second-order valence-corrected chi connectivity index (χ2v) is 6.70. The van der Waals surface area contributed by atoms with Crippen molar-refractivity contribution in [1.29, 1.82) is 0 Å². The minimum atomic E-state index is -0.107. The Morgan fingerprint density at radius 2 is 1.88 bits per heavy atom. The fourth-order valence-electron chi connectivity index (χ4n) is 2.92. The molecule has 1 saturated heterocycles. The summed E-state index contributed by atoms with van der Waals surface area (Å²) in [7, 11) is 1.73. The minimum absolute atomic E-state index is 0.0147. The monoisotopic (exact) mass is 356 g/mol. The third kappa shape index (κ3) is 4.25. The molecule has 1 atom stereocenters. The van der Waals surface area contributed by atoms with Crippen LogP contribution in [0.25, 0.3) is 0 Å². The highest BCUT2D eigenvalue weighted by atomic mass is 16.5. The Kier molecular flexibility index (Phi) is 5.30. The molecule has 0 radical (unpaired) electrons. The van der Waals surface area contributed by atoms with E-state index in [1.807, 2.05) is 44.2 Å². The molecule has 26 heavy (non-hydrogen) atoms. The predicted octanol–water partition coefficient (Wildman–Crippen LogP) is 2.06. The van der Waals surface area contributed by atoms with Crippen molar-refractivity contribution in [2.45, 2.75) is 26.4 Å². The van der Waals surface area contributed by atoms with Crippen molar-refractivity contribution in [1.82, 2.24) is 9.47 Å². The van der Waals surface area contributed by atoms with Crippen LogP contribution in [0.1, 0.15) is 17.7 Å². The first kappa shape index (κ1) is 18.0. The number of carbonyl (C=O) groups excluding carboxylic acids is 1. The maximum atomic E-state index is 12.3. The molecule has 6 heteroatoms. The molecule has 1 aliphatic heterocycles. The first-order valence-electron chi connectivity index (χ1n) is 8.74. The van der Waals surface area contributed by atoms with E-state index in [1.165, 1.54) is 6.07 Å². The molecule has 1 aromatic heterocycles. The zero-order valence-electron chi connectivity index (χ0n) is 15.4. The van der Waals surface area contributed by atoms with E-state index in [0.717, 1.165) is 17.7 Å². The van der Waals surface area contributed by atoms with E-state index in [9.17, 15) is 9.59 Å². The SMILES string of the molecule is Cc1ccc(OCC(=O)N2CCC(Oc3cc(C)n(C)c(=O)c3)C2)cc1. The van der Waals surface area contributed by atoms with E-state index in [1.54, 1.807) is 16.5 Å². The van der Waals surface area contributed by atoms with Crippen LogP contribution in [-0.2, 0) is 11.8 Å². The van der Waals surface area contributed by atoms with Gasteiger partial charge in [-0.05, 0) is 32.0 Å². The molecule has 2 aromatic rings. The molecule has 0 bridgehead atoms. The highest BCUT2D eigenvalue weighted by Gasteiger charge is 2.28. The van der Waals surface area contributed by atoms with Gasteiger partial charge in [-0.1, -0.05) is 17.7 Å². The number of pyridine rings is 1. The molecule has 1 aliphatic rings. The zero-order chi connectivity index (χ0) is 18.7. The molecule has 6 nitrogen and oxygen atoms in total. The number of hydrogen-bond acceptors (Lipinski definition) is 4. The van der Waals surface area contributed by atoms with Crippen LogP contribution < -0.4 is 15.0 Å². The molecule has 1 amide bonds. The van der Waals surface area contributed by atoms with Crippen LogP contribution in [0.4, 0.5) is 0 Å². The molecule has 3 rings (SSSR count). The van der Waals surface area contributed by atoms with Crippen molar-refractivity contribution in [3.63, 3.8) is 0 Å². The molecule has 0 saturated carbocycles. The number of rotatable bonds is 5. The highest BCUT2D eigenvalue weighted by molar-refractivity contribution is 5.78. The van der Waals surface area contributed by atoms with Crippen LogP contribution in [0, 0.1) is 13.8 Å². The Morgan fingerprint density at radius 1 is 1.15 bits per heavy atom. The van der Waals surface area contributed by atoms with E-state index in [0.29, 0.717) is 24.6 Å². The van der Waals surface area contributed by atoms with Gasteiger partial charge in [-0.15, -0.1) is 0 Å². The van der Waals surface area contributed by atoms with E-state index in [2.05, 4.69) is 0 Å². The Balaban J connectivity index is 1.52. The molecule has 1 fully saturated rings. The number of amides is 1. The average molecular weight is 356 g/mol. The number of carbonyl (C=O) groups is 1. The van der Waals surface area contributed by atoms with Crippen LogP contribution >= 0.6 is 0 Å². The van der Waals surface area contributed by atoms with Gasteiger partial charge in [0.15, 0.2) is 6.61 Å². The highest BCUT2D eigenvalue weighted by Crippen LogP contribution is 2.19. The van der Waals surface area contributed by atoms with Gasteiger partial charge in [-0.3, -0.25) is 9.59 Å². The van der Waals surface area contributed by atoms with Gasteiger partial charge in [0, 0.05) is 31.8 Å². The summed E-state index contributed by atoms with van der Waals surface area (Å²) in [5, 5.41) is 0. The summed E-state index contributed by atoms with van der Waals surface area (Å²) in [4.78, 5) is 25.9. The van der Waals surface area contributed by atoms with Crippen molar-refractivity contribution in [3.8, 4) is 11.5 Å². The number of likely N-dealkylation sites (tertiary alicyclic amines) is 1. The lowest BCUT2D eigenvalue weighted by Gasteiger charge is -2.18. The standard InChI is InChI=1S/C20H24N2O4/c1-14-4-6-16(7-5-14)25-13-20(24)22-9-8-17(12-22)26-18-10-15(2)21(3)19(23)11-18/h4-7,10-11,17H,8-9,12-13H2,1-3H3. The van der Waals surface area contributed by atoms with Gasteiger partial charge in [0.2, 0.25) is 0 Å². The second-order valence-electron chi connectivity index (χ2n) is 6.70. The van der Waals surface area contributed by atoms with Crippen LogP contribution in [0.15, 0.2) is 41.2 Å². The van der Waals surface area contributed by atoms with Crippen molar-refractivity contribution < 1.29 is 14.3 Å². The number of hydrogen-bond donors (Lipinski definition) is 0. The fraction of sp³-hybridized carbons (Fsp3) is 0.400. The first-order chi connectivity index (χ1) is 12.4. The average Bonchev–Trinajstić information content (AvgIpc) is 3.07. The van der Waals surface area contributed by atoms with Crippen LogP contribution in [-0.4, -0.2) is 41.2 Å². The number of aryl methyl sites for hydroxylation is 2. The molecular weight excluding hydrogens is 332 g/mol. The van der Waals surface area contributed by atoms with E-state index < -0.39 is 0 Å². The van der Waals surface area contributed by atoms with Crippen LogP contribution in [0.2, 0.25) is 0 Å². The number of benzene rings is 1. The summed E-state index contributed by atoms with van der Waals surface area (Å²) in [6.45, 7) is 5.01. The van der Waals surface area contributed by atoms with E-state index >= 15 is 0 Å². The van der Waals surface area contributed by atoms with Crippen molar-refractivity contribution in [2.24, 2.45) is 7.05 Å². The maximum Gasteiger partial charge on any atom is 0.260 e.